The van der Waals surface area contributed by atoms with Gasteiger partial charge in [0, 0.05) is 25.6 Å². The number of nitrogens with zero attached hydrogens (tertiary/aromatic N) is 1. The first-order chi connectivity index (χ1) is 13.0. The number of rotatable bonds is 4. The molecule has 8 nitrogen and oxygen atoms in total. The number of hydrogen-bond acceptors (Lipinski definition) is 6. The lowest BCUT2D eigenvalue weighted by Gasteiger charge is -2.17. The van der Waals surface area contributed by atoms with Gasteiger partial charge in [-0.05, 0) is 30.7 Å². The molecule has 1 N–H and O–H groups in total. The van der Waals surface area contributed by atoms with Gasteiger partial charge < -0.3 is 19.5 Å². The Morgan fingerprint density at radius 2 is 2.11 bits per heavy atom. The van der Waals surface area contributed by atoms with Gasteiger partial charge in [0.2, 0.25) is 0 Å². The quantitative estimate of drug-likeness (QED) is 0.620. The maximum atomic E-state index is 12.1. The summed E-state index contributed by atoms with van der Waals surface area (Å²) < 4.78 is 16.2. The molecule has 2 aliphatic heterocycles. The van der Waals surface area contributed by atoms with E-state index in [2.05, 4.69) is 5.32 Å². The van der Waals surface area contributed by atoms with Crippen molar-refractivity contribution in [2.75, 3.05) is 26.3 Å². The van der Waals surface area contributed by atoms with Crippen molar-refractivity contribution in [2.45, 2.75) is 19.4 Å². The van der Waals surface area contributed by atoms with Crippen LogP contribution in [0.25, 0.3) is 6.08 Å². The highest BCUT2D eigenvalue weighted by atomic mass is 35.5. The second-order valence-electron chi connectivity index (χ2n) is 6.01. The van der Waals surface area contributed by atoms with Gasteiger partial charge in [0.25, 0.3) is 5.91 Å². The fourth-order valence-corrected chi connectivity index (χ4v) is 2.95. The molecule has 27 heavy (non-hydrogen) atoms. The van der Waals surface area contributed by atoms with E-state index in [4.69, 9.17) is 25.8 Å². The van der Waals surface area contributed by atoms with Crippen molar-refractivity contribution in [1.29, 1.82) is 0 Å². The summed E-state index contributed by atoms with van der Waals surface area (Å²) in [7, 11) is 0. The third-order valence-electron chi connectivity index (χ3n) is 4.00. The molecule has 1 aromatic rings. The lowest BCUT2D eigenvalue weighted by molar-refractivity contribution is -0.153. The normalized spacial score (nSPS) is 17.4. The maximum Gasteiger partial charge on any atom is 0.331 e. The van der Waals surface area contributed by atoms with Gasteiger partial charge in [-0.3, -0.25) is 9.69 Å². The van der Waals surface area contributed by atoms with Gasteiger partial charge in [-0.15, -0.1) is 0 Å². The molecule has 2 heterocycles. The van der Waals surface area contributed by atoms with Crippen molar-refractivity contribution in [1.82, 2.24) is 10.2 Å². The number of ether oxygens (including phenoxy) is 3. The van der Waals surface area contributed by atoms with Gasteiger partial charge in [-0.2, -0.15) is 0 Å². The van der Waals surface area contributed by atoms with Crippen LogP contribution in [0.2, 0.25) is 5.02 Å². The standard InChI is InChI=1S/C18H19ClN2O6/c1-11(17(23)21-6-5-20-18(21)24)27-15(22)4-3-12-9-13(19)16-14(10-12)25-7-2-8-26-16/h3-4,9-11H,2,5-8H2,1H3,(H,20,24)/b4-3+/t11-/m1/s1. The number of amides is 3. The summed E-state index contributed by atoms with van der Waals surface area (Å²) in [5.74, 6) is -0.280. The topological polar surface area (TPSA) is 94.2 Å². The van der Waals surface area contributed by atoms with E-state index < -0.39 is 24.0 Å². The summed E-state index contributed by atoms with van der Waals surface area (Å²) in [5.41, 5.74) is 0.624. The molecule has 9 heteroatoms. The first kappa shape index (κ1) is 19.0. The molecule has 0 aromatic heterocycles. The van der Waals surface area contributed by atoms with Crippen molar-refractivity contribution in [3.63, 3.8) is 0 Å². The molecule has 0 radical (unpaired) electrons. The van der Waals surface area contributed by atoms with E-state index in [0.717, 1.165) is 11.3 Å². The van der Waals surface area contributed by atoms with Gasteiger partial charge in [-0.25, -0.2) is 9.59 Å². The van der Waals surface area contributed by atoms with Crippen molar-refractivity contribution >= 4 is 35.6 Å². The number of fused-ring (bicyclic) bond motifs is 1. The van der Waals surface area contributed by atoms with Crippen molar-refractivity contribution in [2.24, 2.45) is 0 Å². The monoisotopic (exact) mass is 394 g/mol. The Kier molecular flexibility index (Phi) is 5.85. The number of esters is 1. The van der Waals surface area contributed by atoms with Crippen LogP contribution in [0.3, 0.4) is 0 Å². The third-order valence-corrected chi connectivity index (χ3v) is 4.28. The second kappa shape index (κ2) is 8.30. The van der Waals surface area contributed by atoms with Crippen LogP contribution in [0, 0.1) is 0 Å². The minimum absolute atomic E-state index is 0.255. The zero-order chi connectivity index (χ0) is 19.4. The Labute approximate surface area is 161 Å². The molecule has 0 saturated carbocycles. The van der Waals surface area contributed by atoms with E-state index >= 15 is 0 Å². The van der Waals surface area contributed by atoms with Crippen molar-refractivity contribution in [3.8, 4) is 11.5 Å². The molecule has 1 saturated heterocycles. The number of halogens is 1. The first-order valence-corrected chi connectivity index (χ1v) is 8.90. The van der Waals surface area contributed by atoms with E-state index in [-0.39, 0.29) is 6.54 Å². The molecule has 1 aromatic carbocycles. The van der Waals surface area contributed by atoms with Crippen molar-refractivity contribution in [3.05, 3.63) is 28.8 Å². The molecule has 1 fully saturated rings. The van der Waals surface area contributed by atoms with E-state index in [0.29, 0.717) is 41.8 Å². The molecule has 0 spiro atoms. The summed E-state index contributed by atoms with van der Waals surface area (Å²) in [5, 5.41) is 2.90. The molecular weight excluding hydrogens is 376 g/mol. The first-order valence-electron chi connectivity index (χ1n) is 8.53. The van der Waals surface area contributed by atoms with E-state index in [9.17, 15) is 14.4 Å². The SMILES string of the molecule is C[C@@H](OC(=O)/C=C/c1cc(Cl)c2c(c1)OCCCO2)C(=O)N1CCNC1=O. The largest absolute Gasteiger partial charge is 0.489 e. The summed E-state index contributed by atoms with van der Waals surface area (Å²) in [6, 6.07) is 2.86. The fourth-order valence-electron chi connectivity index (χ4n) is 2.68. The van der Waals surface area contributed by atoms with Crippen LogP contribution in [-0.2, 0) is 14.3 Å². The average molecular weight is 395 g/mol. The Morgan fingerprint density at radius 1 is 1.33 bits per heavy atom. The number of hydrogen-bond donors (Lipinski definition) is 1. The number of imide groups is 1. The minimum Gasteiger partial charge on any atom is -0.489 e. The Hall–Kier alpha value is -2.74. The average Bonchev–Trinajstić information content (AvgIpc) is 2.91. The van der Waals surface area contributed by atoms with Crippen LogP contribution in [0.4, 0.5) is 4.79 Å². The highest BCUT2D eigenvalue weighted by molar-refractivity contribution is 6.32. The van der Waals surface area contributed by atoms with Gasteiger partial charge in [0.05, 0.1) is 18.2 Å². The Balaban J connectivity index is 1.63. The number of benzene rings is 1. The molecule has 1 atom stereocenters. The fraction of sp³-hybridized carbons (Fsp3) is 0.389. The van der Waals surface area contributed by atoms with Crippen LogP contribution in [-0.4, -0.2) is 55.2 Å². The molecule has 144 valence electrons. The zero-order valence-corrected chi connectivity index (χ0v) is 15.5. The number of urea groups is 1. The number of nitrogens with one attached hydrogen (secondary N) is 1. The highest BCUT2D eigenvalue weighted by Crippen LogP contribution is 2.38. The third kappa shape index (κ3) is 4.51. The summed E-state index contributed by atoms with van der Waals surface area (Å²) in [4.78, 5) is 36.6. The molecule has 0 unspecified atom stereocenters. The minimum atomic E-state index is -1.07. The maximum absolute atomic E-state index is 12.1. The van der Waals surface area contributed by atoms with Crippen LogP contribution in [0.1, 0.15) is 18.9 Å². The van der Waals surface area contributed by atoms with Crippen LogP contribution >= 0.6 is 11.6 Å². The molecule has 3 amide bonds. The predicted octanol–water partition coefficient (Wildman–Crippen LogP) is 2.00. The van der Waals surface area contributed by atoms with Gasteiger partial charge in [0.1, 0.15) is 0 Å². The van der Waals surface area contributed by atoms with Crippen LogP contribution < -0.4 is 14.8 Å². The Bertz CT molecular complexity index is 794. The van der Waals surface area contributed by atoms with Gasteiger partial charge in [-0.1, -0.05) is 11.6 Å². The number of carbonyl (C=O) groups excluding carboxylic acids is 3. The second-order valence-corrected chi connectivity index (χ2v) is 6.42. The van der Waals surface area contributed by atoms with Crippen LogP contribution in [0.15, 0.2) is 18.2 Å². The van der Waals surface area contributed by atoms with E-state index in [1.807, 2.05) is 0 Å². The molecular formula is C18H19ClN2O6. The predicted molar refractivity (Wildman–Crippen MR) is 96.8 cm³/mol. The van der Waals surface area contributed by atoms with Crippen molar-refractivity contribution < 1.29 is 28.6 Å². The van der Waals surface area contributed by atoms with Gasteiger partial charge in [0.15, 0.2) is 17.6 Å². The zero-order valence-electron chi connectivity index (χ0n) is 14.7. The number of carbonyl (C=O) groups is 3. The highest BCUT2D eigenvalue weighted by Gasteiger charge is 2.31. The lowest BCUT2D eigenvalue weighted by atomic mass is 10.2. The molecule has 3 rings (SSSR count). The Morgan fingerprint density at radius 3 is 2.85 bits per heavy atom. The summed E-state index contributed by atoms with van der Waals surface area (Å²) in [6.07, 6.45) is 2.37. The van der Waals surface area contributed by atoms with E-state index in [1.54, 1.807) is 12.1 Å². The molecule has 2 aliphatic rings. The summed E-state index contributed by atoms with van der Waals surface area (Å²) >= 11 is 6.20. The lowest BCUT2D eigenvalue weighted by Crippen LogP contribution is -2.41. The summed E-state index contributed by atoms with van der Waals surface area (Å²) in [6.45, 7) is 3.10. The molecule has 0 aliphatic carbocycles. The molecule has 0 bridgehead atoms. The van der Waals surface area contributed by atoms with Crippen LogP contribution in [0.5, 0.6) is 11.5 Å². The smallest absolute Gasteiger partial charge is 0.331 e. The van der Waals surface area contributed by atoms with E-state index in [1.165, 1.54) is 19.1 Å². The van der Waals surface area contributed by atoms with Gasteiger partial charge >= 0.3 is 12.0 Å².